The molecule has 0 aromatic heterocycles. The van der Waals surface area contributed by atoms with Crippen LogP contribution in [0, 0.1) is 0 Å². The maximum atomic E-state index is 3.86. The maximum absolute atomic E-state index is 3.86. The van der Waals surface area contributed by atoms with Crippen molar-refractivity contribution in [1.29, 1.82) is 0 Å². The average molecular weight is 1070 g/mol. The zero-order chi connectivity index (χ0) is 49.9. The molecule has 0 atom stereocenters. The second-order valence-electron chi connectivity index (χ2n) is 22.3. The number of rotatable bonds is 6. The topological polar surface area (TPSA) is 0 Å². The van der Waals surface area contributed by atoms with E-state index < -0.39 is 0 Å². The maximum Gasteiger partial charge on any atom is 0.0353 e. The predicted molar refractivity (Wildman–Crippen MR) is 319 cm³/mol. The van der Waals surface area contributed by atoms with E-state index in [1.54, 1.807) is 0 Å². The van der Waals surface area contributed by atoms with Crippen molar-refractivity contribution in [2.75, 3.05) is 0 Å². The Morgan fingerprint density at radius 2 is 0.767 bits per heavy atom. The van der Waals surface area contributed by atoms with Crippen LogP contribution in [0.5, 0.6) is 0 Å². The minimum atomic E-state index is 0.0677. The van der Waals surface area contributed by atoms with E-state index in [2.05, 4.69) is 286 Å². The molecule has 2 heteroatoms. The van der Waals surface area contributed by atoms with Gasteiger partial charge in [-0.05, 0) is 198 Å². The van der Waals surface area contributed by atoms with E-state index in [4.69, 9.17) is 0 Å². The highest BCUT2D eigenvalue weighted by atomic mass is 79.9. The molecule has 0 amide bonds. The Balaban J connectivity index is 1.07. The molecule has 0 radical (unpaired) electrons. The van der Waals surface area contributed by atoms with E-state index in [0.717, 1.165) is 8.95 Å². The van der Waals surface area contributed by atoms with Gasteiger partial charge in [0.05, 0.1) is 0 Å². The van der Waals surface area contributed by atoms with Crippen molar-refractivity contribution in [3.63, 3.8) is 0 Å². The van der Waals surface area contributed by atoms with Crippen LogP contribution in [-0.4, -0.2) is 0 Å². The van der Waals surface area contributed by atoms with Gasteiger partial charge in [-0.25, -0.2) is 0 Å². The number of hydrogen-bond donors (Lipinski definition) is 0. The molecule has 352 valence electrons. The largest absolute Gasteiger partial charge is 0.0622 e. The average Bonchev–Trinajstić information content (AvgIpc) is 3.91. The van der Waals surface area contributed by atoms with Gasteiger partial charge in [0.1, 0.15) is 0 Å². The van der Waals surface area contributed by atoms with Crippen molar-refractivity contribution in [3.05, 3.63) is 249 Å². The molecule has 0 aliphatic heterocycles. The lowest BCUT2D eigenvalue weighted by atomic mass is 9.80. The van der Waals surface area contributed by atoms with Crippen molar-refractivity contribution in [1.82, 2.24) is 0 Å². The van der Waals surface area contributed by atoms with Crippen molar-refractivity contribution >= 4 is 53.4 Å². The second kappa shape index (κ2) is 17.3. The standard InChI is InChI=1S/C71H54Br2/c1-70(2,3)50-25-20-42(21-26-50)47-36-48(43-22-27-51(28-23-43)71(4,5)6)38-49(37-47)54-34-35-60-67-57(54)18-13-19-59(67)68-66(45-16-11-8-12-17-45)61-39-46(24-31-58(61)65(69(60)68)44-14-9-7-10-15-44)64-62-40-52(72)29-32-55(62)56-33-30-53(73)41-63(56)64/h7-41,64H,1-6H3. The molecule has 2 aliphatic carbocycles. The van der Waals surface area contributed by atoms with Crippen LogP contribution in [0.3, 0.4) is 0 Å². The normalized spacial score (nSPS) is 12.9. The third-order valence-corrected chi connectivity index (χ3v) is 16.7. The first-order chi connectivity index (χ1) is 35.3. The fourth-order valence-corrected chi connectivity index (χ4v) is 12.9. The van der Waals surface area contributed by atoms with Crippen molar-refractivity contribution in [3.8, 4) is 89.0 Å². The van der Waals surface area contributed by atoms with Crippen LogP contribution in [-0.2, 0) is 10.8 Å². The van der Waals surface area contributed by atoms with E-state index >= 15 is 0 Å². The van der Waals surface area contributed by atoms with E-state index in [1.165, 1.54) is 138 Å². The molecule has 13 rings (SSSR count). The van der Waals surface area contributed by atoms with Gasteiger partial charge < -0.3 is 0 Å². The summed E-state index contributed by atoms with van der Waals surface area (Å²) in [6, 6.07) is 80.7. The summed E-state index contributed by atoms with van der Waals surface area (Å²) in [7, 11) is 0. The summed E-state index contributed by atoms with van der Waals surface area (Å²) in [5, 5.41) is 5.09. The Kier molecular flexibility index (Phi) is 10.8. The molecule has 0 N–H and O–H groups in total. The number of benzene rings is 11. The van der Waals surface area contributed by atoms with Gasteiger partial charge in [-0.1, -0.05) is 237 Å². The molecule has 11 aromatic carbocycles. The molecule has 2 aliphatic rings. The van der Waals surface area contributed by atoms with Gasteiger partial charge in [0.15, 0.2) is 0 Å². The molecule has 0 saturated carbocycles. The highest BCUT2D eigenvalue weighted by Crippen LogP contribution is 2.60. The monoisotopic (exact) mass is 1060 g/mol. The number of fused-ring (bicyclic) bond motifs is 7. The Morgan fingerprint density at radius 1 is 0.301 bits per heavy atom. The smallest absolute Gasteiger partial charge is 0.0353 e. The van der Waals surface area contributed by atoms with Crippen LogP contribution in [0.15, 0.2) is 221 Å². The zero-order valence-corrected chi connectivity index (χ0v) is 45.2. The van der Waals surface area contributed by atoms with Gasteiger partial charge in [-0.3, -0.25) is 0 Å². The molecule has 0 heterocycles. The van der Waals surface area contributed by atoms with Crippen molar-refractivity contribution < 1.29 is 0 Å². The molecule has 11 aromatic rings. The van der Waals surface area contributed by atoms with Crippen LogP contribution in [0.1, 0.15) is 75.3 Å². The van der Waals surface area contributed by atoms with Crippen molar-refractivity contribution in [2.24, 2.45) is 0 Å². The number of hydrogen-bond acceptors (Lipinski definition) is 0. The highest BCUT2D eigenvalue weighted by molar-refractivity contribution is 9.10. The summed E-state index contributed by atoms with van der Waals surface area (Å²) in [6.07, 6.45) is 0. The molecule has 0 bridgehead atoms. The molecule has 73 heavy (non-hydrogen) atoms. The van der Waals surface area contributed by atoms with Gasteiger partial charge >= 0.3 is 0 Å². The van der Waals surface area contributed by atoms with E-state index in [0.29, 0.717) is 0 Å². The van der Waals surface area contributed by atoms with E-state index in [-0.39, 0.29) is 16.7 Å². The van der Waals surface area contributed by atoms with Gasteiger partial charge in [-0.15, -0.1) is 0 Å². The SMILES string of the molecule is CC(C)(C)c1ccc(-c2cc(-c3ccc(C(C)(C)C)cc3)cc(-c3ccc4c5c(cccc35)-c3c-4c(-c4ccccc4)c4ccc(C5c6cc(Br)ccc6-c6ccc(Br)cc65)cc4c3-c3ccccc3)c2)cc1. The van der Waals surface area contributed by atoms with Crippen LogP contribution >= 0.6 is 31.9 Å². The van der Waals surface area contributed by atoms with Gasteiger partial charge in [0, 0.05) is 14.9 Å². The van der Waals surface area contributed by atoms with Crippen LogP contribution in [0.4, 0.5) is 0 Å². The van der Waals surface area contributed by atoms with Gasteiger partial charge in [0.25, 0.3) is 0 Å². The van der Waals surface area contributed by atoms with E-state index in [9.17, 15) is 0 Å². The summed E-state index contributed by atoms with van der Waals surface area (Å²) in [5.41, 5.74) is 26.8. The second-order valence-corrected chi connectivity index (χ2v) is 24.1. The lowest BCUT2D eigenvalue weighted by molar-refractivity contribution is 0.590. The summed E-state index contributed by atoms with van der Waals surface area (Å²) in [6.45, 7) is 13.7. The third kappa shape index (κ3) is 7.68. The first-order valence-corrected chi connectivity index (χ1v) is 27.1. The van der Waals surface area contributed by atoms with Gasteiger partial charge in [-0.2, -0.15) is 0 Å². The Hall–Kier alpha value is -7.10. The first-order valence-electron chi connectivity index (χ1n) is 25.6. The molecule has 0 unspecified atom stereocenters. The van der Waals surface area contributed by atoms with Crippen LogP contribution in [0.25, 0.3) is 111 Å². The quantitative estimate of drug-likeness (QED) is 0.156. The van der Waals surface area contributed by atoms with Crippen LogP contribution < -0.4 is 0 Å². The van der Waals surface area contributed by atoms with Gasteiger partial charge in [0.2, 0.25) is 0 Å². The zero-order valence-electron chi connectivity index (χ0n) is 42.0. The summed E-state index contributed by atoms with van der Waals surface area (Å²) >= 11 is 7.72. The predicted octanol–water partition coefficient (Wildman–Crippen LogP) is 21.3. The van der Waals surface area contributed by atoms with Crippen LogP contribution in [0.2, 0.25) is 0 Å². The fraction of sp³-hybridized carbons (Fsp3) is 0.127. The molecule has 0 saturated heterocycles. The molecular formula is C71H54Br2. The summed E-state index contributed by atoms with van der Waals surface area (Å²) in [4.78, 5) is 0. The fourth-order valence-electron chi connectivity index (χ4n) is 12.1. The van der Waals surface area contributed by atoms with Crippen molar-refractivity contribution in [2.45, 2.75) is 58.3 Å². The number of halogens is 2. The molecule has 0 fully saturated rings. The minimum absolute atomic E-state index is 0.0677. The molecular weight excluding hydrogens is 1010 g/mol. The van der Waals surface area contributed by atoms with E-state index in [1.807, 2.05) is 0 Å². The summed E-state index contributed by atoms with van der Waals surface area (Å²) in [5.74, 6) is 0.0677. The Bertz CT molecular complexity index is 3890. The lowest BCUT2D eigenvalue weighted by Crippen LogP contribution is -2.10. The first kappa shape index (κ1) is 45.7. The Morgan fingerprint density at radius 3 is 1.29 bits per heavy atom. The molecule has 0 spiro atoms. The highest BCUT2D eigenvalue weighted by Gasteiger charge is 2.34. The minimum Gasteiger partial charge on any atom is -0.0622 e. The summed E-state index contributed by atoms with van der Waals surface area (Å²) < 4.78 is 2.19. The lowest BCUT2D eigenvalue weighted by Gasteiger charge is -2.22. The molecule has 0 nitrogen and oxygen atoms in total. The third-order valence-electron chi connectivity index (χ3n) is 15.7. The Labute approximate surface area is 446 Å².